The number of aromatic amines is 1. The van der Waals surface area contributed by atoms with Crippen LogP contribution in [-0.4, -0.2) is 44.8 Å². The predicted octanol–water partition coefficient (Wildman–Crippen LogP) is 4.55. The van der Waals surface area contributed by atoms with Gasteiger partial charge in [0.05, 0.1) is 12.1 Å². The number of benzene rings is 1. The van der Waals surface area contributed by atoms with Crippen molar-refractivity contribution in [1.82, 2.24) is 20.0 Å². The molecule has 3 heterocycles. The fraction of sp³-hybridized carbons (Fsp3) is 0.381. The number of nitrogens with one attached hydrogen (secondary N) is 1. The first-order valence-corrected chi connectivity index (χ1v) is 9.40. The molecule has 1 aromatic carbocycles. The molecule has 1 N–H and O–H groups in total. The van der Waals surface area contributed by atoms with Gasteiger partial charge in [0.15, 0.2) is 0 Å². The van der Waals surface area contributed by atoms with Crippen molar-refractivity contribution >= 4 is 22.6 Å². The summed E-state index contributed by atoms with van der Waals surface area (Å²) in [5, 5.41) is 5.25. The second-order valence-corrected chi connectivity index (χ2v) is 8.01. The zero-order chi connectivity index (χ0) is 19.9. The number of nitrogens with zero attached hydrogens (tertiary/aromatic N) is 3. The standard InChI is InChI=1S/C21H24N4O3/c1-13-17(15-9-5-6-10-16(15)22-13)18-23-19(28-24-18)14-8-7-11-25(12-14)20(26)27-21(2,3)4/h5-6,8-10,22H,7,11-12H2,1-4H3. The Labute approximate surface area is 163 Å². The molecule has 0 unspecified atom stereocenters. The van der Waals surface area contributed by atoms with E-state index in [0.29, 0.717) is 24.8 Å². The molecule has 0 radical (unpaired) electrons. The highest BCUT2D eigenvalue weighted by Crippen LogP contribution is 2.31. The number of amides is 1. The Morgan fingerprint density at radius 3 is 2.86 bits per heavy atom. The van der Waals surface area contributed by atoms with Gasteiger partial charge < -0.3 is 19.1 Å². The van der Waals surface area contributed by atoms with Crippen molar-refractivity contribution in [3.05, 3.63) is 41.9 Å². The highest BCUT2D eigenvalue weighted by molar-refractivity contribution is 5.95. The molecule has 1 aliphatic heterocycles. The molecule has 1 amide bonds. The first-order valence-electron chi connectivity index (χ1n) is 9.40. The average molecular weight is 380 g/mol. The Balaban J connectivity index is 1.58. The zero-order valence-corrected chi connectivity index (χ0v) is 16.6. The van der Waals surface area contributed by atoms with Gasteiger partial charge in [-0.1, -0.05) is 29.4 Å². The summed E-state index contributed by atoms with van der Waals surface area (Å²) < 4.78 is 11.0. The summed E-state index contributed by atoms with van der Waals surface area (Å²) in [6.45, 7) is 8.58. The summed E-state index contributed by atoms with van der Waals surface area (Å²) >= 11 is 0. The lowest BCUT2D eigenvalue weighted by molar-refractivity contribution is 0.0272. The van der Waals surface area contributed by atoms with E-state index in [9.17, 15) is 4.79 Å². The monoisotopic (exact) mass is 380 g/mol. The summed E-state index contributed by atoms with van der Waals surface area (Å²) in [5.74, 6) is 0.980. The fourth-order valence-corrected chi connectivity index (χ4v) is 3.40. The number of carbonyl (C=O) groups is 1. The number of carbonyl (C=O) groups excluding carboxylic acids is 1. The van der Waals surface area contributed by atoms with E-state index in [4.69, 9.17) is 9.26 Å². The van der Waals surface area contributed by atoms with Crippen LogP contribution in [0.15, 0.2) is 34.9 Å². The Bertz CT molecular complexity index is 1060. The smallest absolute Gasteiger partial charge is 0.410 e. The fourth-order valence-electron chi connectivity index (χ4n) is 3.40. The van der Waals surface area contributed by atoms with Crippen molar-refractivity contribution < 1.29 is 14.1 Å². The van der Waals surface area contributed by atoms with Crippen LogP contribution in [0.4, 0.5) is 4.79 Å². The van der Waals surface area contributed by atoms with Crippen LogP contribution in [0.2, 0.25) is 0 Å². The Morgan fingerprint density at radius 1 is 1.29 bits per heavy atom. The van der Waals surface area contributed by atoms with E-state index < -0.39 is 5.60 Å². The molecule has 146 valence electrons. The van der Waals surface area contributed by atoms with Gasteiger partial charge in [0, 0.05) is 28.7 Å². The van der Waals surface area contributed by atoms with E-state index >= 15 is 0 Å². The number of aromatic nitrogens is 3. The minimum Gasteiger partial charge on any atom is -0.444 e. The molecule has 1 aliphatic rings. The van der Waals surface area contributed by atoms with Crippen molar-refractivity contribution in [3.63, 3.8) is 0 Å². The van der Waals surface area contributed by atoms with Crippen LogP contribution >= 0.6 is 0 Å². The maximum absolute atomic E-state index is 12.4. The second kappa shape index (κ2) is 6.82. The molecule has 2 aromatic heterocycles. The molecule has 0 bridgehead atoms. The van der Waals surface area contributed by atoms with Gasteiger partial charge in [-0.3, -0.25) is 0 Å². The molecular weight excluding hydrogens is 356 g/mol. The molecule has 28 heavy (non-hydrogen) atoms. The Kier molecular flexibility index (Phi) is 4.45. The minimum atomic E-state index is -0.525. The summed E-state index contributed by atoms with van der Waals surface area (Å²) in [6, 6.07) is 8.04. The van der Waals surface area contributed by atoms with Crippen molar-refractivity contribution in [2.45, 2.75) is 39.7 Å². The van der Waals surface area contributed by atoms with Crippen LogP contribution in [0.25, 0.3) is 27.9 Å². The zero-order valence-electron chi connectivity index (χ0n) is 16.6. The number of hydrogen-bond donors (Lipinski definition) is 1. The number of fused-ring (bicyclic) bond motifs is 1. The number of H-pyrrole nitrogens is 1. The van der Waals surface area contributed by atoms with Crippen molar-refractivity contribution in [2.24, 2.45) is 0 Å². The lowest BCUT2D eigenvalue weighted by Gasteiger charge is -2.29. The average Bonchev–Trinajstić information content (AvgIpc) is 3.23. The number of rotatable bonds is 2. The van der Waals surface area contributed by atoms with Crippen molar-refractivity contribution in [2.75, 3.05) is 13.1 Å². The molecule has 0 fully saturated rings. The van der Waals surface area contributed by atoms with E-state index in [1.54, 1.807) is 4.90 Å². The van der Waals surface area contributed by atoms with Gasteiger partial charge in [0.1, 0.15) is 5.60 Å². The van der Waals surface area contributed by atoms with Gasteiger partial charge in [0.2, 0.25) is 5.82 Å². The van der Waals surface area contributed by atoms with Crippen LogP contribution in [0.1, 0.15) is 38.8 Å². The number of para-hydroxylation sites is 1. The minimum absolute atomic E-state index is 0.328. The molecule has 0 saturated heterocycles. The van der Waals surface area contributed by atoms with Crippen molar-refractivity contribution in [1.29, 1.82) is 0 Å². The van der Waals surface area contributed by atoms with Gasteiger partial charge >= 0.3 is 6.09 Å². The third-order valence-electron chi connectivity index (χ3n) is 4.62. The molecule has 0 spiro atoms. The summed E-state index contributed by atoms with van der Waals surface area (Å²) in [5.41, 5.74) is 3.28. The normalized spacial score (nSPS) is 15.0. The van der Waals surface area contributed by atoms with Crippen molar-refractivity contribution in [3.8, 4) is 11.4 Å². The summed E-state index contributed by atoms with van der Waals surface area (Å²) in [6.07, 6.45) is 2.43. The molecule has 3 aromatic rings. The van der Waals surface area contributed by atoms with E-state index in [-0.39, 0.29) is 6.09 Å². The van der Waals surface area contributed by atoms with Crippen LogP contribution in [0, 0.1) is 6.92 Å². The van der Waals surface area contributed by atoms with Gasteiger partial charge in [-0.15, -0.1) is 0 Å². The molecule has 7 heteroatoms. The summed E-state index contributed by atoms with van der Waals surface area (Å²) in [7, 11) is 0. The lowest BCUT2D eigenvalue weighted by Crippen LogP contribution is -2.39. The number of hydrogen-bond acceptors (Lipinski definition) is 5. The molecule has 0 saturated carbocycles. The van der Waals surface area contributed by atoms with E-state index in [2.05, 4.69) is 15.1 Å². The quantitative estimate of drug-likeness (QED) is 0.705. The molecule has 0 atom stereocenters. The molecule has 0 aliphatic carbocycles. The second-order valence-electron chi connectivity index (χ2n) is 8.01. The highest BCUT2D eigenvalue weighted by atomic mass is 16.6. The molecule has 7 nitrogen and oxygen atoms in total. The van der Waals surface area contributed by atoms with Gasteiger partial charge in [-0.25, -0.2) is 4.79 Å². The largest absolute Gasteiger partial charge is 0.444 e. The van der Waals surface area contributed by atoms with E-state index in [0.717, 1.165) is 34.2 Å². The van der Waals surface area contributed by atoms with Crippen LogP contribution in [0.5, 0.6) is 0 Å². The van der Waals surface area contributed by atoms with E-state index in [1.807, 2.05) is 58.0 Å². The topological polar surface area (TPSA) is 84.2 Å². The van der Waals surface area contributed by atoms with Crippen LogP contribution in [-0.2, 0) is 4.74 Å². The van der Waals surface area contributed by atoms with Crippen LogP contribution in [0.3, 0.4) is 0 Å². The Hall–Kier alpha value is -3.09. The first-order chi connectivity index (χ1) is 13.3. The SMILES string of the molecule is Cc1[nH]c2ccccc2c1-c1noc(C2=CCCN(C(=O)OC(C)(C)C)C2)n1. The summed E-state index contributed by atoms with van der Waals surface area (Å²) in [4.78, 5) is 22.0. The maximum Gasteiger partial charge on any atom is 0.410 e. The molecule has 4 rings (SSSR count). The van der Waals surface area contributed by atoms with Crippen LogP contribution < -0.4 is 0 Å². The predicted molar refractivity (Wildman–Crippen MR) is 107 cm³/mol. The first kappa shape index (κ1) is 18.3. The number of aryl methyl sites for hydroxylation is 1. The molecular formula is C21H24N4O3. The number of ether oxygens (including phenoxy) is 1. The highest BCUT2D eigenvalue weighted by Gasteiger charge is 2.27. The van der Waals surface area contributed by atoms with E-state index in [1.165, 1.54) is 0 Å². The van der Waals surface area contributed by atoms with Gasteiger partial charge in [-0.2, -0.15) is 4.98 Å². The van der Waals surface area contributed by atoms with Gasteiger partial charge in [-0.05, 0) is 40.2 Å². The third-order valence-corrected chi connectivity index (χ3v) is 4.62. The van der Waals surface area contributed by atoms with Gasteiger partial charge in [0.25, 0.3) is 5.89 Å². The Morgan fingerprint density at radius 2 is 2.07 bits per heavy atom. The lowest BCUT2D eigenvalue weighted by atomic mass is 10.1. The maximum atomic E-state index is 12.4. The third kappa shape index (κ3) is 3.52.